The summed E-state index contributed by atoms with van der Waals surface area (Å²) >= 11 is 0. The molecule has 3 amide bonds. The summed E-state index contributed by atoms with van der Waals surface area (Å²) in [4.78, 5) is 44.7. The summed E-state index contributed by atoms with van der Waals surface area (Å²) in [5, 5.41) is 5.71. The second kappa shape index (κ2) is 13.2. The Hall–Kier alpha value is -3.82. The fourth-order valence-corrected chi connectivity index (χ4v) is 3.69. The quantitative estimate of drug-likeness (QED) is 0.395. The van der Waals surface area contributed by atoms with E-state index in [2.05, 4.69) is 20.5 Å². The number of urea groups is 1. The summed E-state index contributed by atoms with van der Waals surface area (Å²) in [7, 11) is 0. The maximum absolute atomic E-state index is 12.7. The van der Waals surface area contributed by atoms with Gasteiger partial charge in [0.1, 0.15) is 11.6 Å². The molecular formula is C25H33N5O5. The van der Waals surface area contributed by atoms with Gasteiger partial charge in [-0.25, -0.2) is 9.78 Å². The molecule has 1 aromatic carbocycles. The molecule has 0 saturated carbocycles. The van der Waals surface area contributed by atoms with Crippen molar-refractivity contribution in [2.24, 2.45) is 0 Å². The Labute approximate surface area is 205 Å². The predicted octanol–water partition coefficient (Wildman–Crippen LogP) is 2.91. The molecule has 1 saturated heterocycles. The number of anilines is 2. The van der Waals surface area contributed by atoms with Crippen LogP contribution in [0.15, 0.2) is 42.6 Å². The number of piperazine rings is 1. The van der Waals surface area contributed by atoms with Gasteiger partial charge in [0, 0.05) is 39.1 Å². The molecule has 1 aliphatic rings. The molecule has 1 aromatic heterocycles. The summed E-state index contributed by atoms with van der Waals surface area (Å²) in [6, 6.07) is 10.6. The Morgan fingerprint density at radius 2 is 1.77 bits per heavy atom. The molecule has 10 heteroatoms. The lowest BCUT2D eigenvalue weighted by molar-refractivity contribution is -0.143. The molecule has 1 fully saturated rings. The van der Waals surface area contributed by atoms with Crippen LogP contribution in [0.2, 0.25) is 0 Å². The molecule has 0 aliphatic carbocycles. The van der Waals surface area contributed by atoms with Gasteiger partial charge in [-0.15, -0.1) is 0 Å². The van der Waals surface area contributed by atoms with Gasteiger partial charge in [0.2, 0.25) is 0 Å². The van der Waals surface area contributed by atoms with Gasteiger partial charge < -0.3 is 29.9 Å². The minimum atomic E-state index is -0.259. The van der Waals surface area contributed by atoms with E-state index in [1.54, 1.807) is 36.2 Å². The highest BCUT2D eigenvalue weighted by Crippen LogP contribution is 2.21. The molecule has 0 atom stereocenters. The van der Waals surface area contributed by atoms with Crippen molar-refractivity contribution in [3.8, 4) is 5.75 Å². The number of nitrogens with zero attached hydrogens (tertiary/aromatic N) is 3. The molecule has 1 aliphatic heterocycles. The van der Waals surface area contributed by atoms with Crippen LogP contribution in [-0.4, -0.2) is 73.7 Å². The van der Waals surface area contributed by atoms with Crippen molar-refractivity contribution in [2.45, 2.75) is 26.7 Å². The number of benzene rings is 1. The zero-order valence-corrected chi connectivity index (χ0v) is 20.3. The van der Waals surface area contributed by atoms with Crippen LogP contribution in [-0.2, 0) is 9.53 Å². The topological polar surface area (TPSA) is 113 Å². The van der Waals surface area contributed by atoms with Crippen molar-refractivity contribution in [3.05, 3.63) is 48.2 Å². The number of ether oxygens (including phenoxy) is 2. The van der Waals surface area contributed by atoms with Crippen LogP contribution in [0.4, 0.5) is 16.3 Å². The minimum Gasteiger partial charge on any atom is -0.493 e. The largest absolute Gasteiger partial charge is 0.493 e. The molecule has 0 unspecified atom stereocenters. The third-order valence-corrected chi connectivity index (χ3v) is 5.47. The smallest absolute Gasteiger partial charge is 0.317 e. The van der Waals surface area contributed by atoms with Crippen LogP contribution >= 0.6 is 0 Å². The first-order valence-corrected chi connectivity index (χ1v) is 11.9. The average Bonchev–Trinajstić information content (AvgIpc) is 2.88. The first-order valence-electron chi connectivity index (χ1n) is 11.9. The monoisotopic (exact) mass is 483 g/mol. The van der Waals surface area contributed by atoms with E-state index >= 15 is 0 Å². The molecule has 2 N–H and O–H groups in total. The third-order valence-electron chi connectivity index (χ3n) is 5.47. The number of carbonyl (C=O) groups excluding carboxylic acids is 3. The summed E-state index contributed by atoms with van der Waals surface area (Å²) in [5.74, 6) is 0.819. The Bertz CT molecular complexity index is 990. The van der Waals surface area contributed by atoms with Gasteiger partial charge in [-0.05, 0) is 44.5 Å². The highest BCUT2D eigenvalue weighted by molar-refractivity contribution is 6.06. The highest BCUT2D eigenvalue weighted by atomic mass is 16.5. The number of nitrogens with one attached hydrogen (secondary N) is 2. The van der Waals surface area contributed by atoms with Gasteiger partial charge in [0.15, 0.2) is 0 Å². The predicted molar refractivity (Wildman–Crippen MR) is 133 cm³/mol. The van der Waals surface area contributed by atoms with E-state index in [4.69, 9.17) is 9.47 Å². The molecule has 3 rings (SSSR count). The van der Waals surface area contributed by atoms with Gasteiger partial charge >= 0.3 is 12.0 Å². The zero-order chi connectivity index (χ0) is 25.0. The molecule has 188 valence electrons. The Morgan fingerprint density at radius 3 is 2.46 bits per heavy atom. The number of esters is 1. The summed E-state index contributed by atoms with van der Waals surface area (Å²) < 4.78 is 10.4. The number of aromatic nitrogens is 1. The van der Waals surface area contributed by atoms with Crippen LogP contribution in [0.3, 0.4) is 0 Å². The van der Waals surface area contributed by atoms with Crippen molar-refractivity contribution in [2.75, 3.05) is 56.2 Å². The lowest BCUT2D eigenvalue weighted by atomic mass is 10.2. The van der Waals surface area contributed by atoms with E-state index in [0.29, 0.717) is 75.8 Å². The van der Waals surface area contributed by atoms with Gasteiger partial charge in [-0.2, -0.15) is 0 Å². The summed E-state index contributed by atoms with van der Waals surface area (Å²) in [6.07, 6.45) is 2.47. The number of rotatable bonds is 10. The first-order chi connectivity index (χ1) is 17.0. The van der Waals surface area contributed by atoms with Crippen LogP contribution < -0.4 is 20.3 Å². The molecular weight excluding hydrogens is 450 g/mol. The number of para-hydroxylation sites is 1. The standard InChI is InChI=1S/C25H33N5O5/c1-3-34-21-9-6-5-8-20(21)24(32)28-19-11-12-22(27-18-19)29-14-16-30(17-15-29)25(33)26-13-7-10-23(31)35-4-2/h5-6,8-9,11-12,18H,3-4,7,10,13-17H2,1-2H3,(H,26,33)(H,28,32). The normalized spacial score (nSPS) is 13.2. The van der Waals surface area contributed by atoms with E-state index in [9.17, 15) is 14.4 Å². The van der Waals surface area contributed by atoms with Crippen molar-refractivity contribution in [1.29, 1.82) is 0 Å². The number of pyridine rings is 1. The summed E-state index contributed by atoms with van der Waals surface area (Å²) in [5.41, 5.74) is 1.06. The third kappa shape index (κ3) is 7.59. The van der Waals surface area contributed by atoms with Crippen LogP contribution in [0.5, 0.6) is 5.75 Å². The lowest BCUT2D eigenvalue weighted by Gasteiger charge is -2.35. The minimum absolute atomic E-state index is 0.133. The van der Waals surface area contributed by atoms with Crippen LogP contribution in [0.1, 0.15) is 37.0 Å². The van der Waals surface area contributed by atoms with Gasteiger partial charge in [0.05, 0.1) is 30.7 Å². The van der Waals surface area contributed by atoms with Crippen LogP contribution in [0, 0.1) is 0 Å². The molecule has 0 radical (unpaired) electrons. The molecule has 0 bridgehead atoms. The van der Waals surface area contributed by atoms with E-state index < -0.39 is 0 Å². The maximum Gasteiger partial charge on any atom is 0.317 e. The number of hydrogen-bond donors (Lipinski definition) is 2. The molecule has 35 heavy (non-hydrogen) atoms. The fourth-order valence-electron chi connectivity index (χ4n) is 3.69. The molecule has 0 spiro atoms. The number of hydrogen-bond acceptors (Lipinski definition) is 7. The van der Waals surface area contributed by atoms with Crippen LogP contribution in [0.25, 0.3) is 0 Å². The zero-order valence-electron chi connectivity index (χ0n) is 20.3. The van der Waals surface area contributed by atoms with Crippen molar-refractivity contribution in [1.82, 2.24) is 15.2 Å². The van der Waals surface area contributed by atoms with Crippen molar-refractivity contribution in [3.63, 3.8) is 0 Å². The van der Waals surface area contributed by atoms with Gasteiger partial charge in [-0.1, -0.05) is 12.1 Å². The molecule has 2 heterocycles. The van der Waals surface area contributed by atoms with Crippen molar-refractivity contribution >= 4 is 29.4 Å². The van der Waals surface area contributed by atoms with Gasteiger partial charge in [-0.3, -0.25) is 9.59 Å². The Balaban J connectivity index is 1.44. The lowest BCUT2D eigenvalue weighted by Crippen LogP contribution is -2.52. The SMILES string of the molecule is CCOC(=O)CCCNC(=O)N1CCN(c2ccc(NC(=O)c3ccccc3OCC)cn2)CC1. The molecule has 10 nitrogen and oxygen atoms in total. The average molecular weight is 484 g/mol. The fraction of sp³-hybridized carbons (Fsp3) is 0.440. The second-order valence-corrected chi connectivity index (χ2v) is 7.90. The highest BCUT2D eigenvalue weighted by Gasteiger charge is 2.22. The van der Waals surface area contributed by atoms with E-state index in [1.165, 1.54) is 0 Å². The Morgan fingerprint density at radius 1 is 1.00 bits per heavy atom. The second-order valence-electron chi connectivity index (χ2n) is 7.90. The Kier molecular flexibility index (Phi) is 9.70. The van der Waals surface area contributed by atoms with E-state index in [1.807, 2.05) is 25.1 Å². The first kappa shape index (κ1) is 25.8. The van der Waals surface area contributed by atoms with Crippen molar-refractivity contribution < 1.29 is 23.9 Å². The maximum atomic E-state index is 12.7. The van der Waals surface area contributed by atoms with E-state index in [-0.39, 0.29) is 17.9 Å². The summed E-state index contributed by atoms with van der Waals surface area (Å²) in [6.45, 7) is 7.35. The van der Waals surface area contributed by atoms with Gasteiger partial charge in [0.25, 0.3) is 5.91 Å². The molecule has 2 aromatic rings. The van der Waals surface area contributed by atoms with E-state index in [0.717, 1.165) is 5.82 Å². The number of amides is 3. The number of carbonyl (C=O) groups is 3.